The minimum absolute atomic E-state index is 0.299. The number of nitrogens with one attached hydrogen (secondary N) is 1. The van der Waals surface area contributed by atoms with Gasteiger partial charge in [0.05, 0.1) is 5.56 Å². The van der Waals surface area contributed by atoms with E-state index in [1.54, 1.807) is 0 Å². The van der Waals surface area contributed by atoms with Crippen LogP contribution in [0.4, 0.5) is 0 Å². The van der Waals surface area contributed by atoms with Gasteiger partial charge >= 0.3 is 5.97 Å². The van der Waals surface area contributed by atoms with E-state index in [2.05, 4.69) is 20.9 Å². The normalized spacial score (nSPS) is 11.4. The monoisotopic (exact) mass is 335 g/mol. The molecule has 0 amide bonds. The molecule has 20 heavy (non-hydrogen) atoms. The number of aromatic amines is 1. The summed E-state index contributed by atoms with van der Waals surface area (Å²) >= 11 is 3.45. The third kappa shape index (κ3) is 3.51. The van der Waals surface area contributed by atoms with Crippen molar-refractivity contribution in [2.75, 3.05) is 0 Å². The fourth-order valence-electron chi connectivity index (χ4n) is 1.91. The van der Waals surface area contributed by atoms with E-state index in [1.807, 2.05) is 58.0 Å². The van der Waals surface area contributed by atoms with Gasteiger partial charge in [0.15, 0.2) is 0 Å². The lowest BCUT2D eigenvalue weighted by Gasteiger charge is -2.19. The minimum atomic E-state index is -0.489. The molecule has 0 saturated heterocycles. The van der Waals surface area contributed by atoms with Crippen molar-refractivity contribution in [3.05, 3.63) is 46.1 Å². The van der Waals surface area contributed by atoms with Crippen molar-refractivity contribution < 1.29 is 9.53 Å². The van der Waals surface area contributed by atoms with Gasteiger partial charge in [0, 0.05) is 15.9 Å². The molecule has 0 aliphatic heterocycles. The lowest BCUT2D eigenvalue weighted by Crippen LogP contribution is -2.24. The van der Waals surface area contributed by atoms with Crippen LogP contribution in [-0.2, 0) is 4.74 Å². The predicted molar refractivity (Wildman–Crippen MR) is 83.8 cm³/mol. The summed E-state index contributed by atoms with van der Waals surface area (Å²) in [7, 11) is 0. The number of esters is 1. The number of aryl methyl sites for hydroxylation is 1. The van der Waals surface area contributed by atoms with Crippen molar-refractivity contribution in [1.82, 2.24) is 4.98 Å². The van der Waals surface area contributed by atoms with Gasteiger partial charge in [-0.15, -0.1) is 0 Å². The highest BCUT2D eigenvalue weighted by atomic mass is 79.9. The van der Waals surface area contributed by atoms with E-state index in [0.29, 0.717) is 5.56 Å². The largest absolute Gasteiger partial charge is 0.456 e. The molecule has 0 atom stereocenters. The van der Waals surface area contributed by atoms with Crippen LogP contribution in [0, 0.1) is 6.92 Å². The highest BCUT2D eigenvalue weighted by Gasteiger charge is 2.21. The molecule has 1 N–H and O–H groups in total. The van der Waals surface area contributed by atoms with Crippen molar-refractivity contribution in [2.24, 2.45) is 0 Å². The van der Waals surface area contributed by atoms with Crippen LogP contribution in [0.5, 0.6) is 0 Å². The number of aromatic nitrogens is 1. The second-order valence-corrected chi connectivity index (χ2v) is 6.65. The van der Waals surface area contributed by atoms with Gasteiger partial charge in [0.25, 0.3) is 0 Å². The summed E-state index contributed by atoms with van der Waals surface area (Å²) < 4.78 is 6.41. The lowest BCUT2D eigenvalue weighted by molar-refractivity contribution is 0.00690. The van der Waals surface area contributed by atoms with Crippen LogP contribution in [0.25, 0.3) is 11.3 Å². The first kappa shape index (κ1) is 14.9. The van der Waals surface area contributed by atoms with Gasteiger partial charge in [0.1, 0.15) is 5.60 Å². The Morgan fingerprint density at radius 3 is 2.55 bits per heavy atom. The van der Waals surface area contributed by atoms with Gasteiger partial charge in [-0.05, 0) is 51.5 Å². The number of rotatable bonds is 2. The van der Waals surface area contributed by atoms with Crippen molar-refractivity contribution >= 4 is 21.9 Å². The molecular formula is C16H18BrNO2. The Morgan fingerprint density at radius 1 is 1.25 bits per heavy atom. The second kappa shape index (κ2) is 5.44. The standard InChI is InChI=1S/C16H18BrNO2/c1-10-13(15(19)20-16(2,3)4)9-14(18-10)11-6-5-7-12(17)8-11/h5-9,18H,1-4H3. The summed E-state index contributed by atoms with van der Waals surface area (Å²) in [6, 6.07) is 9.76. The quantitative estimate of drug-likeness (QED) is 0.807. The smallest absolute Gasteiger partial charge is 0.340 e. The zero-order chi connectivity index (χ0) is 14.9. The molecule has 0 spiro atoms. The molecule has 0 bridgehead atoms. The van der Waals surface area contributed by atoms with Crippen LogP contribution >= 0.6 is 15.9 Å². The maximum Gasteiger partial charge on any atom is 0.340 e. The molecule has 0 radical (unpaired) electrons. The Kier molecular flexibility index (Phi) is 4.04. The van der Waals surface area contributed by atoms with Gasteiger partial charge in [-0.3, -0.25) is 0 Å². The number of carbonyl (C=O) groups excluding carboxylic acids is 1. The van der Waals surface area contributed by atoms with Crippen molar-refractivity contribution in [3.8, 4) is 11.3 Å². The Labute approximate surface area is 127 Å². The SMILES string of the molecule is Cc1[nH]c(-c2cccc(Br)c2)cc1C(=O)OC(C)(C)C. The minimum Gasteiger partial charge on any atom is -0.456 e. The molecule has 0 aliphatic carbocycles. The first-order chi connectivity index (χ1) is 9.26. The third-order valence-corrected chi connectivity index (χ3v) is 3.26. The molecule has 106 valence electrons. The maximum absolute atomic E-state index is 12.1. The molecule has 1 aromatic carbocycles. The van der Waals surface area contributed by atoms with Gasteiger partial charge in [-0.2, -0.15) is 0 Å². The van der Waals surface area contributed by atoms with E-state index in [-0.39, 0.29) is 5.97 Å². The van der Waals surface area contributed by atoms with Crippen LogP contribution < -0.4 is 0 Å². The molecule has 2 rings (SSSR count). The van der Waals surface area contributed by atoms with E-state index in [0.717, 1.165) is 21.4 Å². The zero-order valence-corrected chi connectivity index (χ0v) is 13.7. The number of hydrogen-bond acceptors (Lipinski definition) is 2. The third-order valence-electron chi connectivity index (χ3n) is 2.77. The zero-order valence-electron chi connectivity index (χ0n) is 12.1. The second-order valence-electron chi connectivity index (χ2n) is 5.73. The van der Waals surface area contributed by atoms with E-state index >= 15 is 0 Å². The van der Waals surface area contributed by atoms with Crippen molar-refractivity contribution in [1.29, 1.82) is 0 Å². The molecular weight excluding hydrogens is 318 g/mol. The first-order valence-electron chi connectivity index (χ1n) is 6.45. The molecule has 0 aliphatic rings. The van der Waals surface area contributed by atoms with Crippen LogP contribution in [-0.4, -0.2) is 16.6 Å². The van der Waals surface area contributed by atoms with E-state index in [9.17, 15) is 4.79 Å². The van der Waals surface area contributed by atoms with Gasteiger partial charge in [-0.1, -0.05) is 28.1 Å². The fraction of sp³-hybridized carbons (Fsp3) is 0.312. The van der Waals surface area contributed by atoms with Crippen LogP contribution in [0.1, 0.15) is 36.8 Å². The average Bonchev–Trinajstić information content (AvgIpc) is 2.69. The number of halogens is 1. The summed E-state index contributed by atoms with van der Waals surface area (Å²) in [5.74, 6) is -0.299. The highest BCUT2D eigenvalue weighted by molar-refractivity contribution is 9.10. The highest BCUT2D eigenvalue weighted by Crippen LogP contribution is 2.25. The summed E-state index contributed by atoms with van der Waals surface area (Å²) in [5.41, 5.74) is 2.84. The molecule has 1 aromatic heterocycles. The number of hydrogen-bond donors (Lipinski definition) is 1. The van der Waals surface area contributed by atoms with Gasteiger partial charge in [0.2, 0.25) is 0 Å². The Hall–Kier alpha value is -1.55. The fourth-order valence-corrected chi connectivity index (χ4v) is 2.31. The van der Waals surface area contributed by atoms with E-state index in [4.69, 9.17) is 4.74 Å². The molecule has 2 aromatic rings. The molecule has 4 heteroatoms. The molecule has 0 saturated carbocycles. The summed E-state index contributed by atoms with van der Waals surface area (Å²) in [4.78, 5) is 15.4. The Bertz CT molecular complexity index is 638. The topological polar surface area (TPSA) is 42.1 Å². The molecule has 0 unspecified atom stereocenters. The van der Waals surface area contributed by atoms with Crippen molar-refractivity contribution in [2.45, 2.75) is 33.3 Å². The number of benzene rings is 1. The number of carbonyl (C=O) groups is 1. The van der Waals surface area contributed by atoms with E-state index in [1.165, 1.54) is 0 Å². The summed E-state index contributed by atoms with van der Waals surface area (Å²) in [5, 5.41) is 0. The lowest BCUT2D eigenvalue weighted by atomic mass is 10.1. The Balaban J connectivity index is 2.33. The van der Waals surface area contributed by atoms with Gasteiger partial charge < -0.3 is 9.72 Å². The summed E-state index contributed by atoms with van der Waals surface area (Å²) in [6.45, 7) is 7.47. The van der Waals surface area contributed by atoms with Crippen molar-refractivity contribution in [3.63, 3.8) is 0 Å². The first-order valence-corrected chi connectivity index (χ1v) is 7.24. The number of ether oxygens (including phenoxy) is 1. The molecule has 3 nitrogen and oxygen atoms in total. The summed E-state index contributed by atoms with van der Waals surface area (Å²) in [6.07, 6.45) is 0. The Morgan fingerprint density at radius 2 is 1.95 bits per heavy atom. The van der Waals surface area contributed by atoms with Crippen LogP contribution in [0.2, 0.25) is 0 Å². The average molecular weight is 336 g/mol. The number of H-pyrrole nitrogens is 1. The predicted octanol–water partition coefficient (Wildman–Crippen LogP) is 4.71. The van der Waals surface area contributed by atoms with Gasteiger partial charge in [-0.25, -0.2) is 4.79 Å². The maximum atomic E-state index is 12.1. The van der Waals surface area contributed by atoms with E-state index < -0.39 is 5.60 Å². The molecule has 0 fully saturated rings. The molecule has 1 heterocycles. The van der Waals surface area contributed by atoms with Crippen LogP contribution in [0.15, 0.2) is 34.8 Å². The van der Waals surface area contributed by atoms with Crippen LogP contribution in [0.3, 0.4) is 0 Å².